The number of allylic oxidation sites excluding steroid dienone is 5. The average molecular weight is 585 g/mol. The molecule has 2 rings (SSSR count). The molecule has 8 heteroatoms. The molecule has 0 spiro atoms. The normalized spacial score (nSPS) is 15.2. The van der Waals surface area contributed by atoms with Gasteiger partial charge in [-0.05, 0) is 63.8 Å². The van der Waals surface area contributed by atoms with Crippen molar-refractivity contribution in [3.63, 3.8) is 0 Å². The van der Waals surface area contributed by atoms with E-state index in [-0.39, 0.29) is 18.0 Å². The van der Waals surface area contributed by atoms with Gasteiger partial charge in [-0.1, -0.05) is 70.2 Å². The van der Waals surface area contributed by atoms with Gasteiger partial charge in [-0.15, -0.1) is 10.2 Å². The Bertz CT molecular complexity index is 1130. The summed E-state index contributed by atoms with van der Waals surface area (Å²) in [6.07, 6.45) is 15.9. The van der Waals surface area contributed by atoms with Crippen molar-refractivity contribution >= 4 is 11.6 Å². The molecule has 0 amide bonds. The molecule has 1 fully saturated rings. The Morgan fingerprint density at radius 1 is 1.02 bits per heavy atom. The van der Waals surface area contributed by atoms with Crippen LogP contribution < -0.4 is 10.1 Å². The lowest BCUT2D eigenvalue weighted by molar-refractivity contribution is -0.115. The minimum atomic E-state index is -2.95. The van der Waals surface area contributed by atoms with Gasteiger partial charge in [0.05, 0.1) is 0 Å². The van der Waals surface area contributed by atoms with Gasteiger partial charge in [0.25, 0.3) is 5.92 Å². The average Bonchev–Trinajstić information content (AvgIpc) is 2.91. The van der Waals surface area contributed by atoms with Crippen LogP contribution in [0.25, 0.3) is 0 Å². The van der Waals surface area contributed by atoms with Crippen molar-refractivity contribution in [3.8, 4) is 5.88 Å². The predicted octanol–water partition coefficient (Wildman–Crippen LogP) is 8.49. The molecule has 0 aliphatic carbocycles. The molecule has 42 heavy (non-hydrogen) atoms. The van der Waals surface area contributed by atoms with Gasteiger partial charge in [-0.3, -0.25) is 0 Å². The third-order valence-corrected chi connectivity index (χ3v) is 6.81. The molecule has 1 aromatic rings. The zero-order valence-corrected chi connectivity index (χ0v) is 26.6. The lowest BCUT2D eigenvalue weighted by Gasteiger charge is -2.52. The molecule has 0 saturated carbocycles. The molecule has 6 nitrogen and oxygen atoms in total. The maximum Gasteiger partial charge on any atom is 0.269 e. The minimum Gasteiger partial charge on any atom is -0.472 e. The number of likely N-dealkylation sites (tertiary alicyclic amines) is 1. The highest BCUT2D eigenvalue weighted by Gasteiger charge is 2.41. The van der Waals surface area contributed by atoms with Crippen molar-refractivity contribution in [2.75, 3.05) is 31.6 Å². The van der Waals surface area contributed by atoms with Crippen molar-refractivity contribution in [2.45, 2.75) is 80.1 Å². The first kappa shape index (κ1) is 36.5. The van der Waals surface area contributed by atoms with Crippen LogP contribution in [0, 0.1) is 5.41 Å². The molecular weight excluding hydrogens is 534 g/mol. The van der Waals surface area contributed by atoms with Gasteiger partial charge < -0.3 is 19.7 Å². The lowest BCUT2D eigenvalue weighted by atomic mass is 9.72. The first-order valence-corrected chi connectivity index (χ1v) is 14.6. The summed E-state index contributed by atoms with van der Waals surface area (Å²) >= 11 is 0. The quantitative estimate of drug-likeness (QED) is 0.197. The Labute approximate surface area is 252 Å². The van der Waals surface area contributed by atoms with Crippen LogP contribution in [-0.4, -0.2) is 53.0 Å². The maximum absolute atomic E-state index is 13.3. The molecule has 0 aromatic carbocycles. The number of rotatable bonds is 16. The van der Waals surface area contributed by atoms with E-state index in [1.54, 1.807) is 24.3 Å². The molecule has 1 aliphatic heterocycles. The topological polar surface area (TPSA) is 67.3 Å². The van der Waals surface area contributed by atoms with Gasteiger partial charge >= 0.3 is 0 Å². The van der Waals surface area contributed by atoms with Crippen LogP contribution in [0.4, 0.5) is 14.6 Å². The summed E-state index contributed by atoms with van der Waals surface area (Å²) < 4.78 is 32.2. The van der Waals surface area contributed by atoms with Crippen LogP contribution in [0.2, 0.25) is 0 Å². The first-order valence-electron chi connectivity index (χ1n) is 14.6. The third-order valence-electron chi connectivity index (χ3n) is 6.81. The number of anilines is 1. The SMILES string of the molecule is C=C(/C=C\C(=C/C)CNc1ccc(OCC(/C=C\C(=C)C(C)(F)F)=C/C)nn1)N1CC(CCC)(CCC)C1.CC(C)=O. The Morgan fingerprint density at radius 2 is 1.60 bits per heavy atom. The van der Waals surface area contributed by atoms with Gasteiger partial charge in [-0.2, -0.15) is 0 Å². The fourth-order valence-corrected chi connectivity index (χ4v) is 4.46. The number of carbonyl (C=O) groups excluding carboxylic acids is 1. The lowest BCUT2D eigenvalue weighted by Crippen LogP contribution is -2.55. The molecule has 2 heterocycles. The second-order valence-electron chi connectivity index (χ2n) is 11.0. The zero-order chi connectivity index (χ0) is 31.8. The number of nitrogens with zero attached hydrogens (tertiary/aromatic N) is 3. The number of Topliss-reactive ketones (excluding diaryl/α,β-unsaturated/α-hetero) is 1. The summed E-state index contributed by atoms with van der Waals surface area (Å²) in [6.45, 7) is 22.9. The van der Waals surface area contributed by atoms with Gasteiger partial charge in [0.1, 0.15) is 18.2 Å². The number of ketones is 1. The van der Waals surface area contributed by atoms with E-state index in [1.807, 2.05) is 13.8 Å². The number of aromatic nitrogens is 2. The summed E-state index contributed by atoms with van der Waals surface area (Å²) in [5, 5.41) is 11.6. The zero-order valence-electron chi connectivity index (χ0n) is 26.6. The van der Waals surface area contributed by atoms with E-state index in [0.29, 0.717) is 23.7 Å². The summed E-state index contributed by atoms with van der Waals surface area (Å²) in [7, 11) is 0. The van der Waals surface area contributed by atoms with Crippen molar-refractivity contribution in [1.82, 2.24) is 15.1 Å². The number of carbonyl (C=O) groups is 1. The fraction of sp³-hybridized carbons (Fsp3) is 0.500. The summed E-state index contributed by atoms with van der Waals surface area (Å²) in [5.41, 5.74) is 3.10. The maximum atomic E-state index is 13.3. The van der Waals surface area contributed by atoms with Gasteiger partial charge in [0.2, 0.25) is 5.88 Å². The van der Waals surface area contributed by atoms with E-state index in [0.717, 1.165) is 36.9 Å². The van der Waals surface area contributed by atoms with E-state index < -0.39 is 5.92 Å². The third kappa shape index (κ3) is 13.4. The number of halogens is 2. The predicted molar refractivity (Wildman–Crippen MR) is 171 cm³/mol. The second-order valence-corrected chi connectivity index (χ2v) is 11.0. The van der Waals surface area contributed by atoms with Crippen LogP contribution in [0.3, 0.4) is 0 Å². The van der Waals surface area contributed by atoms with Crippen LogP contribution in [0.15, 0.2) is 84.2 Å². The monoisotopic (exact) mass is 584 g/mol. The fourth-order valence-electron chi connectivity index (χ4n) is 4.46. The largest absolute Gasteiger partial charge is 0.472 e. The molecule has 1 aliphatic rings. The number of ether oxygens (including phenoxy) is 1. The van der Waals surface area contributed by atoms with Crippen LogP contribution >= 0.6 is 0 Å². The van der Waals surface area contributed by atoms with E-state index in [9.17, 15) is 13.6 Å². The standard InChI is InChI=1S/C31H44F2N4O.C3H6O/c1-8-18-31(19-9-2)22-37(23-31)25(6)13-15-26(10-3)20-34-28-16-17-29(36-35-28)38-21-27(11-4)14-12-24(5)30(7,32)33;1-3(2)4/h10-17H,5-6,8-9,18-23H2,1-4,7H3,(H,34,35);1-2H3/b14-12-,15-13-,26-10+,27-11+;. The van der Waals surface area contributed by atoms with E-state index in [4.69, 9.17) is 4.74 Å². The van der Waals surface area contributed by atoms with Crippen molar-refractivity contribution in [1.29, 1.82) is 0 Å². The van der Waals surface area contributed by atoms with Crippen molar-refractivity contribution in [3.05, 3.63) is 84.2 Å². The van der Waals surface area contributed by atoms with Gasteiger partial charge in [-0.25, -0.2) is 8.78 Å². The molecular formula is C34H50F2N4O2. The molecule has 1 saturated heterocycles. The Kier molecular flexibility index (Phi) is 15.7. The highest BCUT2D eigenvalue weighted by atomic mass is 19.3. The first-order chi connectivity index (χ1) is 19.8. The molecule has 0 bridgehead atoms. The minimum absolute atomic E-state index is 0.167. The molecule has 0 radical (unpaired) electrons. The molecule has 0 atom stereocenters. The van der Waals surface area contributed by atoms with Crippen LogP contribution in [0.1, 0.15) is 74.1 Å². The van der Waals surface area contributed by atoms with Crippen LogP contribution in [0.5, 0.6) is 5.88 Å². The van der Waals surface area contributed by atoms with E-state index >= 15 is 0 Å². The van der Waals surface area contributed by atoms with E-state index in [2.05, 4.69) is 65.6 Å². The van der Waals surface area contributed by atoms with Gasteiger partial charge in [0, 0.05) is 49.3 Å². The number of hydrogen-bond donors (Lipinski definition) is 1. The molecule has 1 aromatic heterocycles. The summed E-state index contributed by atoms with van der Waals surface area (Å²) in [4.78, 5) is 11.8. The second kappa shape index (κ2) is 18.1. The Morgan fingerprint density at radius 3 is 2.07 bits per heavy atom. The summed E-state index contributed by atoms with van der Waals surface area (Å²) in [5.74, 6) is -1.81. The molecule has 232 valence electrons. The number of nitrogens with one attached hydrogen (secondary N) is 1. The molecule has 1 N–H and O–H groups in total. The van der Waals surface area contributed by atoms with Crippen LogP contribution in [-0.2, 0) is 4.79 Å². The molecule has 0 unspecified atom stereocenters. The number of hydrogen-bond acceptors (Lipinski definition) is 6. The highest BCUT2D eigenvalue weighted by molar-refractivity contribution is 5.72. The number of alkyl halides is 2. The van der Waals surface area contributed by atoms with Gasteiger partial charge in [0.15, 0.2) is 0 Å². The Balaban J connectivity index is 0.00000206. The van der Waals surface area contributed by atoms with E-state index in [1.165, 1.54) is 45.6 Å². The summed E-state index contributed by atoms with van der Waals surface area (Å²) in [6, 6.07) is 3.52. The van der Waals surface area contributed by atoms with Crippen molar-refractivity contribution < 1.29 is 18.3 Å². The van der Waals surface area contributed by atoms with Crippen molar-refractivity contribution in [2.24, 2.45) is 5.41 Å². The smallest absolute Gasteiger partial charge is 0.269 e. The Hall–Kier alpha value is -3.55. The highest BCUT2D eigenvalue weighted by Crippen LogP contribution is 2.41.